The molecule has 5 fully saturated rings. The maximum absolute atomic E-state index is 7.41. The molecule has 5 aliphatic carbocycles. The van der Waals surface area contributed by atoms with Crippen molar-refractivity contribution < 1.29 is 0 Å². The van der Waals surface area contributed by atoms with E-state index in [0.29, 0.717) is 0 Å². The predicted octanol–water partition coefficient (Wildman–Crippen LogP) is 11.1. The monoisotopic (exact) mass is 508 g/mol. The van der Waals surface area contributed by atoms with Gasteiger partial charge in [0.15, 0.2) is 0 Å². The Morgan fingerprint density at radius 2 is 0.971 bits per heavy atom. The maximum Gasteiger partial charge on any atom is 0.129 e. The summed E-state index contributed by atoms with van der Waals surface area (Å²) in [6.07, 6.45) is 29.9. The molecule has 0 atom stereocenters. The first-order valence-corrected chi connectivity index (χ1v) is 16.6. The van der Waals surface area contributed by atoms with Crippen molar-refractivity contribution in [1.29, 1.82) is 0 Å². The van der Waals surface area contributed by atoms with Crippen molar-refractivity contribution in [3.63, 3.8) is 0 Å². The van der Waals surface area contributed by atoms with E-state index >= 15 is 0 Å². The van der Waals surface area contributed by atoms with Gasteiger partial charge in [-0.3, -0.25) is 0 Å². The molecule has 5 rings (SSSR count). The first-order chi connectivity index (χ1) is 16.4. The Labute approximate surface area is 222 Å². The van der Waals surface area contributed by atoms with Crippen LogP contribution in [0.1, 0.15) is 149 Å². The van der Waals surface area contributed by atoms with Crippen molar-refractivity contribution in [2.45, 2.75) is 153 Å². The molecular formula is C32H54Cl2. The van der Waals surface area contributed by atoms with E-state index < -0.39 is 4.33 Å². The minimum Gasteiger partial charge on any atom is -0.100 e. The third kappa shape index (κ3) is 4.76. The molecule has 0 heterocycles. The zero-order valence-corrected chi connectivity index (χ0v) is 24.1. The molecule has 5 saturated carbocycles. The Morgan fingerprint density at radius 1 is 0.559 bits per heavy atom. The Bertz CT molecular complexity index is 636. The molecule has 0 unspecified atom stereocenters. The number of unbranched alkanes of at least 4 members (excludes halogenated alkanes) is 1. The highest BCUT2D eigenvalue weighted by Crippen LogP contribution is 2.77. The first kappa shape index (κ1) is 26.2. The van der Waals surface area contributed by atoms with Gasteiger partial charge in [0.2, 0.25) is 0 Å². The number of hydrogen-bond acceptors (Lipinski definition) is 0. The summed E-state index contributed by atoms with van der Waals surface area (Å²) in [6.45, 7) is 4.72. The normalized spacial score (nSPS) is 46.9. The van der Waals surface area contributed by atoms with Gasteiger partial charge in [0, 0.05) is 10.8 Å². The second-order valence-electron chi connectivity index (χ2n) is 14.1. The molecule has 0 bridgehead atoms. The van der Waals surface area contributed by atoms with Crippen LogP contribution in [0, 0.1) is 46.3 Å². The van der Waals surface area contributed by atoms with Crippen LogP contribution >= 0.6 is 23.2 Å². The van der Waals surface area contributed by atoms with Crippen LogP contribution in [0.3, 0.4) is 0 Å². The van der Waals surface area contributed by atoms with Gasteiger partial charge >= 0.3 is 0 Å². The van der Waals surface area contributed by atoms with E-state index in [4.69, 9.17) is 23.2 Å². The highest BCUT2D eigenvalue weighted by Gasteiger charge is 2.72. The van der Waals surface area contributed by atoms with Crippen LogP contribution in [0.5, 0.6) is 0 Å². The van der Waals surface area contributed by atoms with Gasteiger partial charge in [-0.05, 0) is 119 Å². The van der Waals surface area contributed by atoms with E-state index in [9.17, 15) is 0 Å². The molecule has 0 aromatic carbocycles. The van der Waals surface area contributed by atoms with Gasteiger partial charge in [0.25, 0.3) is 0 Å². The van der Waals surface area contributed by atoms with Crippen molar-refractivity contribution in [3.8, 4) is 0 Å². The number of halogens is 2. The summed E-state index contributed by atoms with van der Waals surface area (Å²) in [7, 11) is 0. The second-order valence-corrected chi connectivity index (χ2v) is 15.4. The zero-order chi connectivity index (χ0) is 23.8. The van der Waals surface area contributed by atoms with Crippen molar-refractivity contribution in [2.24, 2.45) is 46.3 Å². The lowest BCUT2D eigenvalue weighted by atomic mass is 9.42. The molecular weight excluding hydrogens is 455 g/mol. The summed E-state index contributed by atoms with van der Waals surface area (Å²) in [4.78, 5) is 0. The fourth-order valence-electron chi connectivity index (χ4n) is 10.1. The lowest BCUT2D eigenvalue weighted by Gasteiger charge is -2.69. The van der Waals surface area contributed by atoms with Gasteiger partial charge in [-0.25, -0.2) is 0 Å². The van der Waals surface area contributed by atoms with Crippen LogP contribution in [-0.4, -0.2) is 4.33 Å². The van der Waals surface area contributed by atoms with E-state index in [1.807, 2.05) is 0 Å². The molecule has 0 aliphatic heterocycles. The van der Waals surface area contributed by atoms with Gasteiger partial charge in [0.1, 0.15) is 4.33 Å². The summed E-state index contributed by atoms with van der Waals surface area (Å²) >= 11 is 14.8. The SMILES string of the molecule is CCCCC1CCC([C@H]2CC[C@]3(CC2)C[C@@]2(CCC(C4CCC(CC)CC4)CC2)C3(Cl)Cl)CC1. The third-order valence-electron chi connectivity index (χ3n) is 12.6. The standard InChI is InChI=1S/C32H54Cl2/c1-3-5-6-25-9-13-27(14-10-25)29-17-21-31(22-18-29)23-30(32(31,33)34)19-15-28(16-20-30)26-11-7-24(4-2)8-12-26/h24-29H,3-23H2,1-2H3/t24?,25?,26?,27?,28?,29-,30-,31-. The highest BCUT2D eigenvalue weighted by atomic mass is 35.5. The molecule has 0 radical (unpaired) electrons. The molecule has 0 nitrogen and oxygen atoms in total. The smallest absolute Gasteiger partial charge is 0.100 e. The van der Waals surface area contributed by atoms with E-state index in [1.165, 1.54) is 135 Å². The number of hydrogen-bond donors (Lipinski definition) is 0. The zero-order valence-electron chi connectivity index (χ0n) is 22.6. The minimum absolute atomic E-state index is 0.247. The van der Waals surface area contributed by atoms with Crippen molar-refractivity contribution in [1.82, 2.24) is 0 Å². The van der Waals surface area contributed by atoms with Crippen LogP contribution in [0.2, 0.25) is 0 Å². The van der Waals surface area contributed by atoms with Crippen molar-refractivity contribution in [2.75, 3.05) is 0 Å². The summed E-state index contributed by atoms with van der Waals surface area (Å²) in [6, 6.07) is 0. The summed E-state index contributed by atoms with van der Waals surface area (Å²) < 4.78 is -0.451. The highest BCUT2D eigenvalue weighted by molar-refractivity contribution is 6.50. The molecule has 34 heavy (non-hydrogen) atoms. The van der Waals surface area contributed by atoms with Gasteiger partial charge in [-0.1, -0.05) is 65.2 Å². The van der Waals surface area contributed by atoms with Crippen LogP contribution in [0.15, 0.2) is 0 Å². The molecule has 5 aliphatic rings. The lowest BCUT2D eigenvalue weighted by Crippen LogP contribution is -2.66. The van der Waals surface area contributed by atoms with Gasteiger partial charge in [-0.2, -0.15) is 0 Å². The average Bonchev–Trinajstić information content (AvgIpc) is 2.89. The Morgan fingerprint density at radius 3 is 1.35 bits per heavy atom. The predicted molar refractivity (Wildman–Crippen MR) is 149 cm³/mol. The van der Waals surface area contributed by atoms with E-state index in [-0.39, 0.29) is 10.8 Å². The molecule has 2 heteroatoms. The Kier molecular flexibility index (Phi) is 8.28. The third-order valence-corrected chi connectivity index (χ3v) is 14.2. The van der Waals surface area contributed by atoms with Crippen molar-refractivity contribution >= 4 is 23.2 Å². The Balaban J connectivity index is 1.09. The summed E-state index contributed by atoms with van der Waals surface area (Å²) in [5, 5.41) is 0. The molecule has 0 N–H and O–H groups in total. The van der Waals surface area contributed by atoms with Crippen LogP contribution in [-0.2, 0) is 0 Å². The molecule has 0 saturated heterocycles. The van der Waals surface area contributed by atoms with E-state index in [0.717, 1.165) is 35.5 Å². The Hall–Kier alpha value is 0.580. The molecule has 196 valence electrons. The van der Waals surface area contributed by atoms with Crippen LogP contribution in [0.4, 0.5) is 0 Å². The topological polar surface area (TPSA) is 0 Å². The minimum atomic E-state index is -0.451. The van der Waals surface area contributed by atoms with Gasteiger partial charge < -0.3 is 0 Å². The fourth-order valence-corrected chi connectivity index (χ4v) is 11.2. The van der Waals surface area contributed by atoms with Crippen LogP contribution in [0.25, 0.3) is 0 Å². The molecule has 0 amide bonds. The first-order valence-electron chi connectivity index (χ1n) is 15.8. The summed E-state index contributed by atoms with van der Waals surface area (Å²) in [5.41, 5.74) is 0.494. The second kappa shape index (κ2) is 10.8. The quantitative estimate of drug-likeness (QED) is 0.312. The molecule has 0 aromatic rings. The van der Waals surface area contributed by atoms with Crippen LogP contribution < -0.4 is 0 Å². The van der Waals surface area contributed by atoms with Crippen molar-refractivity contribution in [3.05, 3.63) is 0 Å². The average molecular weight is 510 g/mol. The number of alkyl halides is 2. The van der Waals surface area contributed by atoms with E-state index in [2.05, 4.69) is 13.8 Å². The largest absolute Gasteiger partial charge is 0.129 e. The van der Waals surface area contributed by atoms with Gasteiger partial charge in [-0.15, -0.1) is 23.2 Å². The lowest BCUT2D eigenvalue weighted by molar-refractivity contribution is -0.122. The molecule has 0 aromatic heterocycles. The number of rotatable bonds is 6. The summed E-state index contributed by atoms with van der Waals surface area (Å²) in [5.74, 6) is 5.99. The maximum atomic E-state index is 7.41. The fraction of sp³-hybridized carbons (Fsp3) is 1.00. The van der Waals surface area contributed by atoms with E-state index in [1.54, 1.807) is 0 Å². The van der Waals surface area contributed by atoms with Gasteiger partial charge in [0.05, 0.1) is 0 Å². The molecule has 2 spiro atoms.